The summed E-state index contributed by atoms with van der Waals surface area (Å²) in [7, 11) is 0. The van der Waals surface area contributed by atoms with E-state index in [4.69, 9.17) is 9.41 Å². The fraction of sp³-hybridized carbons (Fsp3) is 0.0169. The summed E-state index contributed by atoms with van der Waals surface area (Å²) in [6.45, 7) is 0. The minimum atomic E-state index is -0.631. The van der Waals surface area contributed by atoms with E-state index in [2.05, 4.69) is 180 Å². The highest BCUT2D eigenvalue weighted by Gasteiger charge is 2.32. The highest BCUT2D eigenvalue weighted by Crippen LogP contribution is 2.47. The summed E-state index contributed by atoms with van der Waals surface area (Å²) in [6.07, 6.45) is -0.631. The molecule has 0 amide bonds. The predicted molar refractivity (Wildman–Crippen MR) is 262 cm³/mol. The number of allylic oxidation sites excluding steroid dienone is 1. The van der Waals surface area contributed by atoms with Crippen LogP contribution in [0.2, 0.25) is 0 Å². The Morgan fingerprint density at radius 3 is 1.69 bits per heavy atom. The molecule has 0 saturated heterocycles. The first kappa shape index (κ1) is 37.1. The molecule has 3 heterocycles. The van der Waals surface area contributed by atoms with Gasteiger partial charge in [-0.05, 0) is 57.6 Å². The molecule has 1 atom stereocenters. The van der Waals surface area contributed by atoms with Crippen molar-refractivity contribution in [2.75, 3.05) is 0 Å². The van der Waals surface area contributed by atoms with Crippen molar-refractivity contribution in [2.24, 2.45) is 4.99 Å². The third-order valence-corrected chi connectivity index (χ3v) is 12.5. The first-order chi connectivity index (χ1) is 31.7. The molecule has 0 bridgehead atoms. The molecular formula is C59H38N4O. The second-order valence-corrected chi connectivity index (χ2v) is 16.1. The molecule has 12 rings (SSSR count). The van der Waals surface area contributed by atoms with E-state index in [9.17, 15) is 5.26 Å². The van der Waals surface area contributed by atoms with Crippen molar-refractivity contribution in [3.63, 3.8) is 0 Å². The molecule has 11 aromatic rings. The number of rotatable bonds is 7. The van der Waals surface area contributed by atoms with E-state index in [1.54, 1.807) is 0 Å². The van der Waals surface area contributed by atoms with Crippen LogP contribution in [0.25, 0.3) is 88.5 Å². The lowest BCUT2D eigenvalue weighted by atomic mass is 9.89. The number of aromatic nitrogens is 1. The number of para-hydroxylation sites is 2. The summed E-state index contributed by atoms with van der Waals surface area (Å²) in [5.41, 5.74) is 15.6. The fourth-order valence-electron chi connectivity index (χ4n) is 9.61. The zero-order chi connectivity index (χ0) is 42.6. The van der Waals surface area contributed by atoms with Gasteiger partial charge in [0.2, 0.25) is 0 Å². The van der Waals surface area contributed by atoms with Crippen LogP contribution in [-0.4, -0.2) is 10.3 Å². The summed E-state index contributed by atoms with van der Waals surface area (Å²) in [5, 5.41) is 19.1. The molecule has 0 radical (unpaired) electrons. The Kier molecular flexibility index (Phi) is 8.88. The second kappa shape index (κ2) is 15.3. The van der Waals surface area contributed by atoms with E-state index in [1.165, 1.54) is 0 Å². The second-order valence-electron chi connectivity index (χ2n) is 16.1. The zero-order valence-electron chi connectivity index (χ0n) is 34.6. The lowest BCUT2D eigenvalue weighted by Crippen LogP contribution is -2.29. The predicted octanol–water partition coefficient (Wildman–Crippen LogP) is 14.7. The van der Waals surface area contributed by atoms with Gasteiger partial charge in [0.05, 0.1) is 28.1 Å². The topological polar surface area (TPSA) is 66.2 Å². The average molecular weight is 819 g/mol. The average Bonchev–Trinajstić information content (AvgIpc) is 3.93. The third kappa shape index (κ3) is 6.04. The molecule has 0 fully saturated rings. The molecule has 9 aromatic carbocycles. The summed E-state index contributed by atoms with van der Waals surface area (Å²) >= 11 is 0. The number of hydrogen-bond acceptors (Lipinski definition) is 4. The van der Waals surface area contributed by atoms with Crippen molar-refractivity contribution in [1.82, 2.24) is 9.88 Å². The van der Waals surface area contributed by atoms with Crippen LogP contribution in [0.4, 0.5) is 0 Å². The van der Waals surface area contributed by atoms with Gasteiger partial charge < -0.3 is 14.3 Å². The van der Waals surface area contributed by atoms with Crippen molar-refractivity contribution >= 4 is 55.2 Å². The van der Waals surface area contributed by atoms with Crippen LogP contribution in [-0.2, 0) is 0 Å². The van der Waals surface area contributed by atoms with E-state index in [0.717, 1.165) is 105 Å². The standard InChI is InChI=1S/C59H38N4O/c60-37-50-54(41-25-12-4-13-26-41)61-59(62-55(50)42-27-14-5-15-28-42)53-49(40-23-10-3-11-24-40)35-43(38-19-6-1-7-20-38)36-52(53)63-51-32-17-16-29-45(51)46-33-34-48-47-31-18-30-44(39-21-8-2-9-22-39)57(47)64-58(48)56(46)63/h1-36,59,61H. The monoisotopic (exact) mass is 818 g/mol. The van der Waals surface area contributed by atoms with E-state index in [1.807, 2.05) is 54.6 Å². The SMILES string of the molecule is N#CC1=C(c2ccccc2)NC(c2c(-c3ccccc3)cc(-c3ccccc3)cc2-n2c3ccccc3c3ccc4c5cccc(-c6ccccc6)c5oc4c32)N=C1c1ccccc1. The van der Waals surface area contributed by atoms with Crippen molar-refractivity contribution in [3.8, 4) is 45.1 Å². The molecule has 0 aliphatic carbocycles. The number of benzene rings is 9. The van der Waals surface area contributed by atoms with Gasteiger partial charge in [0.25, 0.3) is 0 Å². The van der Waals surface area contributed by atoms with Gasteiger partial charge in [0.1, 0.15) is 23.4 Å². The Balaban J connectivity index is 1.24. The number of aliphatic imine (C=N–C) groups is 1. The largest absolute Gasteiger partial charge is 0.453 e. The van der Waals surface area contributed by atoms with Crippen LogP contribution >= 0.6 is 0 Å². The Morgan fingerprint density at radius 1 is 0.469 bits per heavy atom. The maximum absolute atomic E-state index is 11.0. The molecule has 300 valence electrons. The fourth-order valence-corrected chi connectivity index (χ4v) is 9.61. The molecular weight excluding hydrogens is 781 g/mol. The molecule has 5 nitrogen and oxygen atoms in total. The Morgan fingerprint density at radius 2 is 1.02 bits per heavy atom. The van der Waals surface area contributed by atoms with Gasteiger partial charge in [-0.1, -0.05) is 194 Å². The molecule has 1 unspecified atom stereocenters. The van der Waals surface area contributed by atoms with Crippen molar-refractivity contribution in [2.45, 2.75) is 6.17 Å². The third-order valence-electron chi connectivity index (χ3n) is 12.5. The summed E-state index contributed by atoms with van der Waals surface area (Å²) in [6, 6.07) is 78.5. The quantitative estimate of drug-likeness (QED) is 0.174. The maximum Gasteiger partial charge on any atom is 0.160 e. The smallest absolute Gasteiger partial charge is 0.160 e. The van der Waals surface area contributed by atoms with Crippen LogP contribution in [0, 0.1) is 11.3 Å². The van der Waals surface area contributed by atoms with Crippen LogP contribution < -0.4 is 5.32 Å². The summed E-state index contributed by atoms with van der Waals surface area (Å²) < 4.78 is 9.63. The highest BCUT2D eigenvalue weighted by molar-refractivity contribution is 6.23. The van der Waals surface area contributed by atoms with E-state index in [-0.39, 0.29) is 0 Å². The van der Waals surface area contributed by atoms with Crippen molar-refractivity contribution < 1.29 is 4.42 Å². The zero-order valence-corrected chi connectivity index (χ0v) is 34.6. The van der Waals surface area contributed by atoms with Crippen molar-refractivity contribution in [3.05, 3.63) is 241 Å². The summed E-state index contributed by atoms with van der Waals surface area (Å²) in [5.74, 6) is 0. The van der Waals surface area contributed by atoms with Crippen LogP contribution in [0.15, 0.2) is 233 Å². The van der Waals surface area contributed by atoms with Crippen LogP contribution in [0.3, 0.4) is 0 Å². The maximum atomic E-state index is 11.0. The van der Waals surface area contributed by atoms with Crippen LogP contribution in [0.5, 0.6) is 0 Å². The lowest BCUT2D eigenvalue weighted by Gasteiger charge is -2.30. The van der Waals surface area contributed by atoms with Crippen LogP contribution in [0.1, 0.15) is 22.9 Å². The molecule has 0 saturated carbocycles. The highest BCUT2D eigenvalue weighted by atomic mass is 16.3. The number of nitriles is 1. The number of nitrogens with zero attached hydrogens (tertiary/aromatic N) is 3. The Hall–Kier alpha value is -8.72. The Bertz CT molecular complexity index is 3670. The molecule has 2 aromatic heterocycles. The Labute approximate surface area is 370 Å². The van der Waals surface area contributed by atoms with E-state index >= 15 is 0 Å². The normalized spacial score (nSPS) is 13.9. The van der Waals surface area contributed by atoms with E-state index in [0.29, 0.717) is 11.3 Å². The number of nitrogens with one attached hydrogen (secondary N) is 1. The van der Waals surface area contributed by atoms with Gasteiger partial charge in [-0.15, -0.1) is 0 Å². The number of fused-ring (bicyclic) bond motifs is 7. The van der Waals surface area contributed by atoms with E-state index < -0.39 is 6.17 Å². The van der Waals surface area contributed by atoms with Gasteiger partial charge in [-0.25, -0.2) is 0 Å². The van der Waals surface area contributed by atoms with Crippen molar-refractivity contribution in [1.29, 1.82) is 5.26 Å². The number of hydrogen-bond donors (Lipinski definition) is 1. The first-order valence-electron chi connectivity index (χ1n) is 21.6. The van der Waals surface area contributed by atoms with Gasteiger partial charge in [0, 0.05) is 38.2 Å². The van der Waals surface area contributed by atoms with Gasteiger partial charge in [0.15, 0.2) is 5.58 Å². The minimum Gasteiger partial charge on any atom is -0.453 e. The number of furan rings is 1. The van der Waals surface area contributed by atoms with Gasteiger partial charge in [-0.2, -0.15) is 5.26 Å². The molecule has 1 aliphatic rings. The summed E-state index contributed by atoms with van der Waals surface area (Å²) in [4.78, 5) is 5.60. The molecule has 64 heavy (non-hydrogen) atoms. The molecule has 1 aliphatic heterocycles. The van der Waals surface area contributed by atoms with Gasteiger partial charge >= 0.3 is 0 Å². The lowest BCUT2D eigenvalue weighted by molar-refractivity contribution is 0.658. The molecule has 1 N–H and O–H groups in total. The minimum absolute atomic E-state index is 0.493. The first-order valence-corrected chi connectivity index (χ1v) is 21.6. The van der Waals surface area contributed by atoms with Gasteiger partial charge in [-0.3, -0.25) is 4.99 Å². The molecule has 5 heteroatoms. The molecule has 0 spiro atoms.